The molecule has 0 saturated heterocycles. The van der Waals surface area contributed by atoms with Crippen molar-refractivity contribution in [1.82, 2.24) is 9.97 Å². The molecule has 0 atom stereocenters. The monoisotopic (exact) mass is 333 g/mol. The molecule has 0 saturated carbocycles. The standard InChI is InChI=1S/C15H9Cl2N3O2/c16-11-2-1-3-12(17)14(11)13-8-18-15(19-13)9-4-6-10(7-5-9)20(21)22/h1-8H,(H,18,19). The molecule has 7 heteroatoms. The van der Waals surface area contributed by atoms with Crippen LogP contribution in [0.2, 0.25) is 10.0 Å². The maximum atomic E-state index is 10.7. The van der Waals surface area contributed by atoms with E-state index >= 15 is 0 Å². The first-order chi connectivity index (χ1) is 10.6. The van der Waals surface area contributed by atoms with Gasteiger partial charge in [0.2, 0.25) is 0 Å². The Labute approximate surface area is 135 Å². The molecule has 0 aliphatic carbocycles. The third-order valence-corrected chi connectivity index (χ3v) is 3.79. The number of benzene rings is 2. The van der Waals surface area contributed by atoms with Gasteiger partial charge in [-0.05, 0) is 24.3 Å². The molecule has 0 bridgehead atoms. The minimum absolute atomic E-state index is 0.0321. The number of non-ortho nitro benzene ring substituents is 1. The molecule has 0 spiro atoms. The van der Waals surface area contributed by atoms with Crippen molar-refractivity contribution < 1.29 is 4.92 Å². The zero-order chi connectivity index (χ0) is 15.7. The number of nitro groups is 1. The molecular weight excluding hydrogens is 325 g/mol. The zero-order valence-corrected chi connectivity index (χ0v) is 12.6. The fraction of sp³-hybridized carbons (Fsp3) is 0. The number of hydrogen-bond acceptors (Lipinski definition) is 3. The van der Waals surface area contributed by atoms with Crippen molar-refractivity contribution in [3.63, 3.8) is 0 Å². The highest BCUT2D eigenvalue weighted by Gasteiger charge is 2.12. The van der Waals surface area contributed by atoms with Gasteiger partial charge in [-0.25, -0.2) is 4.98 Å². The van der Waals surface area contributed by atoms with Crippen LogP contribution in [-0.4, -0.2) is 14.9 Å². The Bertz CT molecular complexity index is 824. The largest absolute Gasteiger partial charge is 0.338 e. The summed E-state index contributed by atoms with van der Waals surface area (Å²) in [6, 6.07) is 11.4. The number of rotatable bonds is 3. The van der Waals surface area contributed by atoms with Crippen LogP contribution in [-0.2, 0) is 0 Å². The van der Waals surface area contributed by atoms with Gasteiger partial charge in [-0.3, -0.25) is 10.1 Å². The van der Waals surface area contributed by atoms with Crippen molar-refractivity contribution in [2.24, 2.45) is 0 Å². The summed E-state index contributed by atoms with van der Waals surface area (Å²) in [4.78, 5) is 17.6. The highest BCUT2D eigenvalue weighted by Crippen LogP contribution is 2.34. The summed E-state index contributed by atoms with van der Waals surface area (Å²) in [6.45, 7) is 0. The van der Waals surface area contributed by atoms with E-state index in [0.717, 1.165) is 5.56 Å². The molecular formula is C15H9Cl2N3O2. The first kappa shape index (κ1) is 14.6. The van der Waals surface area contributed by atoms with Crippen LogP contribution in [0.4, 0.5) is 5.69 Å². The van der Waals surface area contributed by atoms with Crippen LogP contribution < -0.4 is 0 Å². The summed E-state index contributed by atoms with van der Waals surface area (Å²) < 4.78 is 0. The number of aromatic nitrogens is 2. The number of H-pyrrole nitrogens is 1. The van der Waals surface area contributed by atoms with Gasteiger partial charge in [0.15, 0.2) is 0 Å². The maximum Gasteiger partial charge on any atom is 0.269 e. The minimum atomic E-state index is -0.444. The normalized spacial score (nSPS) is 10.6. The molecule has 2 aromatic carbocycles. The van der Waals surface area contributed by atoms with Gasteiger partial charge in [-0.15, -0.1) is 0 Å². The van der Waals surface area contributed by atoms with E-state index in [0.29, 0.717) is 27.1 Å². The third-order valence-electron chi connectivity index (χ3n) is 3.16. The number of nitrogens with zero attached hydrogens (tertiary/aromatic N) is 2. The van der Waals surface area contributed by atoms with Gasteiger partial charge in [0.1, 0.15) is 5.82 Å². The molecule has 0 fully saturated rings. The van der Waals surface area contributed by atoms with Gasteiger partial charge >= 0.3 is 0 Å². The number of hydrogen-bond donors (Lipinski definition) is 1. The lowest BCUT2D eigenvalue weighted by Gasteiger charge is -2.03. The van der Waals surface area contributed by atoms with Crippen LogP contribution in [0.25, 0.3) is 22.6 Å². The number of imidazole rings is 1. The summed E-state index contributed by atoms with van der Waals surface area (Å²) in [5, 5.41) is 11.7. The van der Waals surface area contributed by atoms with Crippen LogP contribution in [0, 0.1) is 10.1 Å². The lowest BCUT2D eigenvalue weighted by atomic mass is 10.1. The van der Waals surface area contributed by atoms with E-state index in [4.69, 9.17) is 23.2 Å². The Morgan fingerprint density at radius 3 is 2.27 bits per heavy atom. The summed E-state index contributed by atoms with van der Waals surface area (Å²) in [5.74, 6) is 0.584. The zero-order valence-electron chi connectivity index (χ0n) is 11.1. The van der Waals surface area contributed by atoms with Crippen LogP contribution in [0.3, 0.4) is 0 Å². The number of halogens is 2. The second-order valence-corrected chi connectivity index (χ2v) is 5.36. The molecule has 5 nitrogen and oxygen atoms in total. The molecule has 1 heterocycles. The van der Waals surface area contributed by atoms with Crippen molar-refractivity contribution in [3.05, 3.63) is 68.8 Å². The highest BCUT2D eigenvalue weighted by molar-refractivity contribution is 6.39. The van der Waals surface area contributed by atoms with Gasteiger partial charge in [0, 0.05) is 23.3 Å². The minimum Gasteiger partial charge on any atom is -0.338 e. The first-order valence-electron chi connectivity index (χ1n) is 6.30. The van der Waals surface area contributed by atoms with E-state index in [1.54, 1.807) is 36.5 Å². The molecule has 3 rings (SSSR count). The smallest absolute Gasteiger partial charge is 0.269 e. The molecule has 22 heavy (non-hydrogen) atoms. The van der Waals surface area contributed by atoms with Crippen LogP contribution in [0.1, 0.15) is 0 Å². The fourth-order valence-electron chi connectivity index (χ4n) is 2.09. The molecule has 0 aliphatic heterocycles. The molecule has 3 aromatic rings. The number of aromatic amines is 1. The molecule has 0 amide bonds. The summed E-state index contributed by atoms with van der Waals surface area (Å²) >= 11 is 12.3. The summed E-state index contributed by atoms with van der Waals surface area (Å²) in [5.41, 5.74) is 2.13. The summed E-state index contributed by atoms with van der Waals surface area (Å²) in [6.07, 6.45) is 1.63. The average Bonchev–Trinajstić information content (AvgIpc) is 2.97. The Morgan fingerprint density at radius 1 is 1.05 bits per heavy atom. The van der Waals surface area contributed by atoms with Crippen molar-refractivity contribution in [3.8, 4) is 22.6 Å². The van der Waals surface area contributed by atoms with Crippen molar-refractivity contribution in [1.29, 1.82) is 0 Å². The third kappa shape index (κ3) is 2.68. The van der Waals surface area contributed by atoms with Crippen molar-refractivity contribution in [2.45, 2.75) is 0 Å². The maximum absolute atomic E-state index is 10.7. The predicted octanol–water partition coefficient (Wildman–Crippen LogP) is 4.96. The first-order valence-corrected chi connectivity index (χ1v) is 7.06. The van der Waals surface area contributed by atoms with Gasteiger partial charge in [-0.2, -0.15) is 0 Å². The second-order valence-electron chi connectivity index (χ2n) is 4.55. The van der Waals surface area contributed by atoms with Crippen molar-refractivity contribution >= 4 is 28.9 Å². The number of nitrogens with one attached hydrogen (secondary N) is 1. The van der Waals surface area contributed by atoms with Gasteiger partial charge in [0.25, 0.3) is 5.69 Å². The summed E-state index contributed by atoms with van der Waals surface area (Å²) in [7, 11) is 0. The quantitative estimate of drug-likeness (QED) is 0.543. The lowest BCUT2D eigenvalue weighted by molar-refractivity contribution is -0.384. The van der Waals surface area contributed by atoms with Gasteiger partial charge in [0.05, 0.1) is 26.9 Å². The van der Waals surface area contributed by atoms with E-state index in [-0.39, 0.29) is 5.69 Å². The number of nitro benzene ring substituents is 1. The molecule has 1 aromatic heterocycles. The van der Waals surface area contributed by atoms with E-state index in [2.05, 4.69) is 9.97 Å². The van der Waals surface area contributed by atoms with Crippen LogP contribution >= 0.6 is 23.2 Å². The van der Waals surface area contributed by atoms with E-state index in [9.17, 15) is 10.1 Å². The van der Waals surface area contributed by atoms with Crippen LogP contribution in [0.5, 0.6) is 0 Å². The van der Waals surface area contributed by atoms with E-state index in [1.165, 1.54) is 12.1 Å². The van der Waals surface area contributed by atoms with Crippen molar-refractivity contribution in [2.75, 3.05) is 0 Å². The Kier molecular flexibility index (Phi) is 3.83. The predicted molar refractivity (Wildman–Crippen MR) is 86.1 cm³/mol. The topological polar surface area (TPSA) is 71.8 Å². The Balaban J connectivity index is 1.99. The highest BCUT2D eigenvalue weighted by atomic mass is 35.5. The lowest BCUT2D eigenvalue weighted by Crippen LogP contribution is -1.88. The molecule has 110 valence electrons. The van der Waals surface area contributed by atoms with E-state index < -0.39 is 4.92 Å². The average molecular weight is 334 g/mol. The van der Waals surface area contributed by atoms with Gasteiger partial charge in [-0.1, -0.05) is 29.3 Å². The second kappa shape index (κ2) is 5.79. The molecule has 0 unspecified atom stereocenters. The molecule has 0 radical (unpaired) electrons. The molecule has 0 aliphatic rings. The van der Waals surface area contributed by atoms with Crippen LogP contribution in [0.15, 0.2) is 48.7 Å². The fourth-order valence-corrected chi connectivity index (χ4v) is 2.69. The SMILES string of the molecule is O=[N+]([O-])c1ccc(-c2ncc(-c3c(Cl)cccc3Cl)[nH]2)cc1. The molecule has 1 N–H and O–H groups in total. The van der Waals surface area contributed by atoms with E-state index in [1.807, 2.05) is 0 Å². The van der Waals surface area contributed by atoms with Gasteiger partial charge < -0.3 is 4.98 Å². The Hall–Kier alpha value is -2.37. The Morgan fingerprint density at radius 2 is 1.68 bits per heavy atom.